The van der Waals surface area contributed by atoms with Crippen LogP contribution in [0.1, 0.15) is 19.8 Å². The van der Waals surface area contributed by atoms with Gasteiger partial charge in [-0.1, -0.05) is 12.2 Å². The molecule has 0 amide bonds. The Morgan fingerprint density at radius 1 is 1.50 bits per heavy atom. The third-order valence-corrected chi connectivity index (χ3v) is 3.45. The maximum Gasteiger partial charge on any atom is 0.309 e. The lowest BCUT2D eigenvalue weighted by Gasteiger charge is -2.34. The SMILES string of the molecule is CCOCCOC(=O)C1CCNC2=CC=CCC21. The summed E-state index contributed by atoms with van der Waals surface area (Å²) in [6, 6.07) is 0. The average molecular weight is 251 g/mol. The molecule has 2 atom stereocenters. The third-order valence-electron chi connectivity index (χ3n) is 3.45. The number of fused-ring (bicyclic) bond motifs is 1. The van der Waals surface area contributed by atoms with Crippen LogP contribution in [-0.4, -0.2) is 32.3 Å². The molecule has 4 nitrogen and oxygen atoms in total. The zero-order chi connectivity index (χ0) is 12.8. The molecular weight excluding hydrogens is 230 g/mol. The molecule has 1 saturated heterocycles. The highest BCUT2D eigenvalue weighted by atomic mass is 16.6. The van der Waals surface area contributed by atoms with E-state index >= 15 is 0 Å². The Morgan fingerprint density at radius 3 is 3.22 bits per heavy atom. The normalized spacial score (nSPS) is 25.9. The van der Waals surface area contributed by atoms with Crippen molar-refractivity contribution in [2.24, 2.45) is 11.8 Å². The second kappa shape index (κ2) is 6.59. The van der Waals surface area contributed by atoms with E-state index in [9.17, 15) is 4.79 Å². The number of carbonyl (C=O) groups is 1. The second-order valence-electron chi connectivity index (χ2n) is 4.58. The van der Waals surface area contributed by atoms with Gasteiger partial charge < -0.3 is 14.8 Å². The second-order valence-corrected chi connectivity index (χ2v) is 4.58. The molecule has 2 rings (SSSR count). The zero-order valence-corrected chi connectivity index (χ0v) is 10.9. The van der Waals surface area contributed by atoms with Gasteiger partial charge >= 0.3 is 5.97 Å². The van der Waals surface area contributed by atoms with E-state index in [4.69, 9.17) is 9.47 Å². The van der Waals surface area contributed by atoms with E-state index in [2.05, 4.69) is 17.5 Å². The average Bonchev–Trinajstić information content (AvgIpc) is 2.43. The lowest BCUT2D eigenvalue weighted by Crippen LogP contribution is -2.39. The molecule has 18 heavy (non-hydrogen) atoms. The molecule has 0 bridgehead atoms. The Bertz CT molecular complexity index is 349. The summed E-state index contributed by atoms with van der Waals surface area (Å²) in [7, 11) is 0. The van der Waals surface area contributed by atoms with Crippen LogP contribution in [0, 0.1) is 11.8 Å². The van der Waals surface area contributed by atoms with Gasteiger partial charge in [-0.3, -0.25) is 4.79 Å². The van der Waals surface area contributed by atoms with Crippen LogP contribution >= 0.6 is 0 Å². The number of esters is 1. The van der Waals surface area contributed by atoms with Crippen LogP contribution in [0.15, 0.2) is 23.9 Å². The third kappa shape index (κ3) is 3.13. The summed E-state index contributed by atoms with van der Waals surface area (Å²) in [6.07, 6.45) is 7.99. The smallest absolute Gasteiger partial charge is 0.309 e. The van der Waals surface area contributed by atoms with Gasteiger partial charge in [-0.25, -0.2) is 0 Å². The van der Waals surface area contributed by atoms with Crippen molar-refractivity contribution in [3.63, 3.8) is 0 Å². The van der Waals surface area contributed by atoms with Crippen molar-refractivity contribution in [2.75, 3.05) is 26.4 Å². The van der Waals surface area contributed by atoms with E-state index in [0.717, 1.165) is 19.4 Å². The molecule has 2 unspecified atom stereocenters. The van der Waals surface area contributed by atoms with Gasteiger partial charge in [-0.15, -0.1) is 0 Å². The Kier molecular flexibility index (Phi) is 4.81. The quantitative estimate of drug-likeness (QED) is 0.596. The highest BCUT2D eigenvalue weighted by Gasteiger charge is 2.34. The van der Waals surface area contributed by atoms with Gasteiger partial charge in [0, 0.05) is 24.8 Å². The van der Waals surface area contributed by atoms with Crippen LogP contribution in [-0.2, 0) is 14.3 Å². The van der Waals surface area contributed by atoms with Gasteiger partial charge in [0.05, 0.1) is 12.5 Å². The molecule has 0 spiro atoms. The molecule has 1 N–H and O–H groups in total. The molecule has 0 aromatic rings. The molecule has 0 aromatic heterocycles. The topological polar surface area (TPSA) is 47.6 Å². The van der Waals surface area contributed by atoms with Crippen molar-refractivity contribution >= 4 is 5.97 Å². The van der Waals surface area contributed by atoms with E-state index in [1.807, 2.05) is 13.0 Å². The number of hydrogen-bond acceptors (Lipinski definition) is 4. The van der Waals surface area contributed by atoms with Crippen molar-refractivity contribution in [3.05, 3.63) is 23.9 Å². The molecule has 100 valence electrons. The zero-order valence-electron chi connectivity index (χ0n) is 10.9. The van der Waals surface area contributed by atoms with Crippen LogP contribution < -0.4 is 5.32 Å². The van der Waals surface area contributed by atoms with Crippen LogP contribution in [0.3, 0.4) is 0 Å². The van der Waals surface area contributed by atoms with Gasteiger partial charge in [0.25, 0.3) is 0 Å². The first-order valence-electron chi connectivity index (χ1n) is 6.68. The van der Waals surface area contributed by atoms with Crippen LogP contribution in [0.5, 0.6) is 0 Å². The maximum absolute atomic E-state index is 12.1. The number of carbonyl (C=O) groups excluding carboxylic acids is 1. The standard InChI is InChI=1S/C14H21NO3/c1-2-17-9-10-18-14(16)12-7-8-15-13-6-4-3-5-11(12)13/h3-4,6,11-12,15H,2,5,7-10H2,1H3. The van der Waals surface area contributed by atoms with E-state index < -0.39 is 0 Å². The summed E-state index contributed by atoms with van der Waals surface area (Å²) in [6.45, 7) is 4.28. The fraction of sp³-hybridized carbons (Fsp3) is 0.643. The van der Waals surface area contributed by atoms with Crippen molar-refractivity contribution in [2.45, 2.75) is 19.8 Å². The first-order chi connectivity index (χ1) is 8.83. The van der Waals surface area contributed by atoms with E-state index in [0.29, 0.717) is 19.8 Å². The van der Waals surface area contributed by atoms with Crippen LogP contribution in [0.25, 0.3) is 0 Å². The number of piperidine rings is 1. The number of ether oxygens (including phenoxy) is 2. The van der Waals surface area contributed by atoms with Gasteiger partial charge in [0.2, 0.25) is 0 Å². The number of hydrogen-bond donors (Lipinski definition) is 1. The largest absolute Gasteiger partial charge is 0.463 e. The number of rotatable bonds is 5. The summed E-state index contributed by atoms with van der Waals surface area (Å²) in [5.41, 5.74) is 1.18. The van der Waals surface area contributed by atoms with Crippen molar-refractivity contribution in [1.82, 2.24) is 5.32 Å². The minimum absolute atomic E-state index is 0.0101. The van der Waals surface area contributed by atoms with Gasteiger partial charge in [-0.05, 0) is 25.8 Å². The van der Waals surface area contributed by atoms with E-state index in [1.54, 1.807) is 0 Å². The fourth-order valence-corrected chi connectivity index (χ4v) is 2.53. The Morgan fingerprint density at radius 2 is 2.39 bits per heavy atom. The van der Waals surface area contributed by atoms with Crippen molar-refractivity contribution in [1.29, 1.82) is 0 Å². The van der Waals surface area contributed by atoms with Crippen LogP contribution in [0.4, 0.5) is 0 Å². The lowest BCUT2D eigenvalue weighted by atomic mass is 9.80. The Hall–Kier alpha value is -1.29. The molecule has 1 heterocycles. The predicted octanol–water partition coefficient (Wildman–Crippen LogP) is 1.64. The van der Waals surface area contributed by atoms with Gasteiger partial charge in [-0.2, -0.15) is 0 Å². The monoisotopic (exact) mass is 251 g/mol. The molecule has 0 radical (unpaired) electrons. The molecule has 1 fully saturated rings. The molecular formula is C14H21NO3. The van der Waals surface area contributed by atoms with Crippen molar-refractivity contribution < 1.29 is 14.3 Å². The van der Waals surface area contributed by atoms with E-state index in [-0.39, 0.29) is 17.8 Å². The molecule has 0 aromatic carbocycles. The lowest BCUT2D eigenvalue weighted by molar-refractivity contribution is -0.152. The Labute approximate surface area is 108 Å². The highest BCUT2D eigenvalue weighted by molar-refractivity contribution is 5.73. The highest BCUT2D eigenvalue weighted by Crippen LogP contribution is 2.32. The van der Waals surface area contributed by atoms with E-state index in [1.165, 1.54) is 5.70 Å². The summed E-state index contributed by atoms with van der Waals surface area (Å²) in [5, 5.41) is 3.36. The summed E-state index contributed by atoms with van der Waals surface area (Å²) >= 11 is 0. The molecule has 1 aliphatic heterocycles. The number of nitrogens with one attached hydrogen (secondary N) is 1. The first kappa shape index (κ1) is 13.1. The summed E-state index contributed by atoms with van der Waals surface area (Å²) in [5.74, 6) is 0.176. The Balaban J connectivity index is 1.85. The van der Waals surface area contributed by atoms with Crippen LogP contribution in [0.2, 0.25) is 0 Å². The molecule has 2 aliphatic rings. The van der Waals surface area contributed by atoms with Gasteiger partial charge in [0.15, 0.2) is 0 Å². The summed E-state index contributed by atoms with van der Waals surface area (Å²) < 4.78 is 10.5. The molecule has 0 saturated carbocycles. The number of allylic oxidation sites excluding steroid dienone is 4. The maximum atomic E-state index is 12.1. The minimum Gasteiger partial charge on any atom is -0.463 e. The first-order valence-corrected chi connectivity index (χ1v) is 6.68. The molecule has 1 aliphatic carbocycles. The predicted molar refractivity (Wildman–Crippen MR) is 68.9 cm³/mol. The minimum atomic E-state index is -0.0811. The van der Waals surface area contributed by atoms with Crippen molar-refractivity contribution in [3.8, 4) is 0 Å². The summed E-state index contributed by atoms with van der Waals surface area (Å²) in [4.78, 5) is 12.1. The molecule has 4 heteroatoms. The van der Waals surface area contributed by atoms with Gasteiger partial charge in [0.1, 0.15) is 6.61 Å². The fourth-order valence-electron chi connectivity index (χ4n) is 2.53.